The summed E-state index contributed by atoms with van der Waals surface area (Å²) in [5, 5.41) is 16.2. The van der Waals surface area contributed by atoms with Gasteiger partial charge in [-0.3, -0.25) is 15.7 Å². The van der Waals surface area contributed by atoms with Crippen molar-refractivity contribution >= 4 is 28.9 Å². The number of hydrogen-bond acceptors (Lipinski definition) is 5. The number of pyridine rings is 1. The van der Waals surface area contributed by atoms with Gasteiger partial charge in [0.15, 0.2) is 0 Å². The second-order valence-corrected chi connectivity index (χ2v) is 5.71. The van der Waals surface area contributed by atoms with Crippen molar-refractivity contribution in [3.8, 4) is 11.1 Å². The fourth-order valence-electron chi connectivity index (χ4n) is 2.81. The van der Waals surface area contributed by atoms with Gasteiger partial charge in [0.2, 0.25) is 0 Å². The zero-order chi connectivity index (χ0) is 16.6. The average molecular weight is 308 g/mol. The molecule has 0 saturated heterocycles. The molecular formula is C17H20N6. The molecule has 1 aromatic heterocycles. The monoisotopic (exact) mass is 308 g/mol. The highest BCUT2D eigenvalue weighted by Gasteiger charge is 2.24. The summed E-state index contributed by atoms with van der Waals surface area (Å²) in [6.45, 7) is 2.46. The molecule has 0 atom stereocenters. The quantitative estimate of drug-likeness (QED) is 0.558. The molecule has 0 spiro atoms. The van der Waals surface area contributed by atoms with Gasteiger partial charge in [-0.05, 0) is 36.8 Å². The number of fused-ring (bicyclic) bond motifs is 1. The van der Waals surface area contributed by atoms with Crippen LogP contribution in [-0.2, 0) is 0 Å². The molecule has 0 bridgehead atoms. The summed E-state index contributed by atoms with van der Waals surface area (Å²) < 4.78 is 0. The van der Waals surface area contributed by atoms with Crippen molar-refractivity contribution in [2.24, 2.45) is 0 Å². The zero-order valence-electron chi connectivity index (χ0n) is 13.3. The molecule has 1 aromatic carbocycles. The van der Waals surface area contributed by atoms with Crippen LogP contribution in [0, 0.1) is 10.8 Å². The highest BCUT2D eigenvalue weighted by molar-refractivity contribution is 6.18. The molecule has 1 aliphatic heterocycles. The number of nitrogens with one attached hydrogen (secondary N) is 2. The number of nitrogens with zero attached hydrogens (tertiary/aromatic N) is 3. The highest BCUT2D eigenvalue weighted by atomic mass is 15.3. The number of nitrogens with two attached hydrogens (primary N) is 1. The number of hydrogen-bond donors (Lipinski definition) is 3. The maximum absolute atomic E-state index is 8.21. The van der Waals surface area contributed by atoms with Crippen LogP contribution in [0.25, 0.3) is 11.1 Å². The minimum Gasteiger partial charge on any atom is -0.384 e. The molecule has 1 aliphatic rings. The Hall–Kier alpha value is -2.89. The van der Waals surface area contributed by atoms with Crippen molar-refractivity contribution in [3.63, 3.8) is 0 Å². The van der Waals surface area contributed by atoms with Crippen molar-refractivity contribution in [1.82, 2.24) is 4.98 Å². The molecule has 6 heteroatoms. The summed E-state index contributed by atoms with van der Waals surface area (Å²) in [6, 6.07) is 9.78. The molecule has 118 valence electrons. The third-order valence-corrected chi connectivity index (χ3v) is 4.04. The van der Waals surface area contributed by atoms with E-state index < -0.39 is 0 Å². The van der Waals surface area contributed by atoms with E-state index in [1.54, 1.807) is 24.1 Å². The van der Waals surface area contributed by atoms with E-state index in [1.165, 1.54) is 0 Å². The fraction of sp³-hybridized carbons (Fsp3) is 0.235. The molecule has 3 rings (SSSR count). The maximum atomic E-state index is 8.21. The molecule has 0 aliphatic carbocycles. The first-order chi connectivity index (χ1) is 11.0. The number of aromatic nitrogens is 1. The van der Waals surface area contributed by atoms with Gasteiger partial charge in [-0.15, -0.1) is 0 Å². The van der Waals surface area contributed by atoms with Crippen LogP contribution < -0.4 is 15.5 Å². The Labute approximate surface area is 135 Å². The third-order valence-electron chi connectivity index (χ3n) is 4.04. The average Bonchev–Trinajstić information content (AvgIpc) is 2.65. The van der Waals surface area contributed by atoms with Crippen LogP contribution in [0.5, 0.6) is 0 Å². The molecule has 4 N–H and O–H groups in total. The van der Waals surface area contributed by atoms with Gasteiger partial charge in [-0.25, -0.2) is 4.98 Å². The molecular weight excluding hydrogens is 288 g/mol. The number of anilines is 3. The molecule has 6 nitrogen and oxygen atoms in total. The van der Waals surface area contributed by atoms with E-state index >= 15 is 0 Å². The van der Waals surface area contributed by atoms with Gasteiger partial charge in [-0.1, -0.05) is 6.07 Å². The van der Waals surface area contributed by atoms with E-state index in [1.807, 2.05) is 25.2 Å². The summed E-state index contributed by atoms with van der Waals surface area (Å²) in [7, 11) is 2.01. The first-order valence-corrected chi connectivity index (χ1v) is 7.47. The predicted molar refractivity (Wildman–Crippen MR) is 95.6 cm³/mol. The Kier molecular flexibility index (Phi) is 3.73. The van der Waals surface area contributed by atoms with Crippen LogP contribution in [-0.4, -0.2) is 30.2 Å². The second kappa shape index (κ2) is 5.72. The second-order valence-electron chi connectivity index (χ2n) is 5.71. The summed E-state index contributed by atoms with van der Waals surface area (Å²) in [5.41, 5.74) is 9.56. The molecule has 0 amide bonds. The molecule has 2 aromatic rings. The van der Waals surface area contributed by atoms with Crippen LogP contribution in [0.1, 0.15) is 13.3 Å². The molecule has 0 unspecified atom stereocenters. The Balaban J connectivity index is 2.11. The van der Waals surface area contributed by atoms with Crippen molar-refractivity contribution in [2.45, 2.75) is 13.3 Å². The van der Waals surface area contributed by atoms with Gasteiger partial charge in [-0.2, -0.15) is 0 Å². The molecule has 2 heterocycles. The number of rotatable bonds is 1. The largest absolute Gasteiger partial charge is 0.384 e. The Morgan fingerprint density at radius 2 is 1.91 bits per heavy atom. The summed E-state index contributed by atoms with van der Waals surface area (Å²) in [4.78, 5) is 7.97. The van der Waals surface area contributed by atoms with Gasteiger partial charge in [0, 0.05) is 31.8 Å². The molecule has 23 heavy (non-hydrogen) atoms. The topological polar surface area (TPSA) is 93.1 Å². The van der Waals surface area contributed by atoms with Crippen LogP contribution >= 0.6 is 0 Å². The van der Waals surface area contributed by atoms with Crippen molar-refractivity contribution in [2.75, 3.05) is 29.1 Å². The van der Waals surface area contributed by atoms with Gasteiger partial charge < -0.3 is 10.6 Å². The minimum absolute atomic E-state index is 0.355. The first kappa shape index (κ1) is 15.0. The Morgan fingerprint density at radius 1 is 1.17 bits per heavy atom. The minimum atomic E-state index is 0.355. The van der Waals surface area contributed by atoms with Crippen LogP contribution in [0.3, 0.4) is 0 Å². The van der Waals surface area contributed by atoms with Gasteiger partial charge >= 0.3 is 0 Å². The van der Waals surface area contributed by atoms with Crippen LogP contribution in [0.4, 0.5) is 17.2 Å². The van der Waals surface area contributed by atoms with Crippen molar-refractivity contribution in [1.29, 1.82) is 10.8 Å². The van der Waals surface area contributed by atoms with E-state index in [0.29, 0.717) is 23.9 Å². The lowest BCUT2D eigenvalue weighted by Crippen LogP contribution is -2.33. The standard InChI is InChI=1S/C17H20N6/c1-11(18)23-14-5-3-12(13-4-6-16(19)21-10-13)9-15(14)22(2)8-7-17(23)20/h3-6,9-10,18,20H,7-8H2,1-2H3,(H2,19,21). The number of nitrogen functional groups attached to an aromatic ring is 1. The van der Waals surface area contributed by atoms with E-state index in [0.717, 1.165) is 29.0 Å². The van der Waals surface area contributed by atoms with Gasteiger partial charge in [0.1, 0.15) is 17.5 Å². The lowest BCUT2D eigenvalue weighted by Gasteiger charge is -2.25. The lowest BCUT2D eigenvalue weighted by molar-refractivity contribution is 0.925. The SMILES string of the molecule is CC(=N)N1C(=N)CCN(C)c2cc(-c3ccc(N)nc3)ccc21. The predicted octanol–water partition coefficient (Wildman–Crippen LogP) is 2.95. The van der Waals surface area contributed by atoms with E-state index in [2.05, 4.69) is 16.0 Å². The summed E-state index contributed by atoms with van der Waals surface area (Å²) in [6.07, 6.45) is 2.37. The smallest absolute Gasteiger partial charge is 0.123 e. The van der Waals surface area contributed by atoms with Gasteiger partial charge in [0.25, 0.3) is 0 Å². The third kappa shape index (κ3) is 2.75. The summed E-state index contributed by atoms with van der Waals surface area (Å²) >= 11 is 0. The normalized spacial score (nSPS) is 14.4. The Morgan fingerprint density at radius 3 is 2.57 bits per heavy atom. The number of amidine groups is 2. The fourth-order valence-corrected chi connectivity index (χ4v) is 2.81. The maximum Gasteiger partial charge on any atom is 0.123 e. The Bertz CT molecular complexity index is 765. The zero-order valence-corrected chi connectivity index (χ0v) is 13.3. The molecule has 0 fully saturated rings. The molecule has 0 radical (unpaired) electrons. The highest BCUT2D eigenvalue weighted by Crippen LogP contribution is 2.36. The van der Waals surface area contributed by atoms with Gasteiger partial charge in [0.05, 0.1) is 11.4 Å². The lowest BCUT2D eigenvalue weighted by atomic mass is 10.1. The van der Waals surface area contributed by atoms with Crippen LogP contribution in [0.15, 0.2) is 36.5 Å². The summed E-state index contributed by atoms with van der Waals surface area (Å²) in [5.74, 6) is 1.30. The van der Waals surface area contributed by atoms with E-state index in [9.17, 15) is 0 Å². The first-order valence-electron chi connectivity index (χ1n) is 7.47. The van der Waals surface area contributed by atoms with E-state index in [-0.39, 0.29) is 0 Å². The molecule has 0 saturated carbocycles. The van der Waals surface area contributed by atoms with Crippen molar-refractivity contribution in [3.05, 3.63) is 36.5 Å². The van der Waals surface area contributed by atoms with Crippen molar-refractivity contribution < 1.29 is 0 Å². The van der Waals surface area contributed by atoms with E-state index in [4.69, 9.17) is 16.6 Å². The number of benzene rings is 1. The van der Waals surface area contributed by atoms with Crippen LogP contribution in [0.2, 0.25) is 0 Å².